The molecule has 4 N–H and O–H groups in total. The molecule has 5 nitrogen and oxygen atoms in total. The van der Waals surface area contributed by atoms with Gasteiger partial charge in [-0.15, -0.1) is 5.10 Å². The maximum absolute atomic E-state index is 13.6. The number of benzene rings is 2. The van der Waals surface area contributed by atoms with Gasteiger partial charge in [0.05, 0.1) is 11.2 Å². The van der Waals surface area contributed by atoms with Gasteiger partial charge in [0.25, 0.3) is 0 Å². The van der Waals surface area contributed by atoms with Crippen molar-refractivity contribution in [1.29, 1.82) is 0 Å². The standard InChI is InChI=1S/C15H14ClFN4O/c16-13-2-1-3-14(17)12(13)9-22-11-6-4-10(5-7-11)8-20-21-15(18)19/h1-8H,9H2,(H4,18,19,21)/b20-8+. The second-order valence-electron chi connectivity index (χ2n) is 4.33. The first-order chi connectivity index (χ1) is 10.6. The molecule has 7 heteroatoms. The van der Waals surface area contributed by atoms with Crippen molar-refractivity contribution in [2.45, 2.75) is 6.61 Å². The quantitative estimate of drug-likeness (QED) is 0.504. The van der Waals surface area contributed by atoms with Crippen LogP contribution in [0.4, 0.5) is 4.39 Å². The van der Waals surface area contributed by atoms with Crippen LogP contribution in [-0.4, -0.2) is 12.2 Å². The summed E-state index contributed by atoms with van der Waals surface area (Å²) in [6.07, 6.45) is 1.50. The van der Waals surface area contributed by atoms with Crippen LogP contribution in [0.15, 0.2) is 52.7 Å². The van der Waals surface area contributed by atoms with E-state index in [1.54, 1.807) is 36.4 Å². The third kappa shape index (κ3) is 4.46. The van der Waals surface area contributed by atoms with E-state index in [0.29, 0.717) is 16.3 Å². The van der Waals surface area contributed by atoms with E-state index in [1.165, 1.54) is 12.3 Å². The molecule has 0 spiro atoms. The van der Waals surface area contributed by atoms with Crippen molar-refractivity contribution in [3.05, 3.63) is 64.4 Å². The molecule has 22 heavy (non-hydrogen) atoms. The molecule has 0 aliphatic carbocycles. The molecule has 0 unspecified atom stereocenters. The lowest BCUT2D eigenvalue weighted by Crippen LogP contribution is -2.21. The van der Waals surface area contributed by atoms with Gasteiger partial charge in [-0.3, -0.25) is 0 Å². The summed E-state index contributed by atoms with van der Waals surface area (Å²) in [6, 6.07) is 11.5. The van der Waals surface area contributed by atoms with Crippen LogP contribution in [0.1, 0.15) is 11.1 Å². The number of nitrogens with two attached hydrogens (primary N) is 2. The number of guanidine groups is 1. The van der Waals surface area contributed by atoms with E-state index in [1.807, 2.05) is 0 Å². The molecule has 0 saturated heterocycles. The molecule has 0 radical (unpaired) electrons. The van der Waals surface area contributed by atoms with Crippen LogP contribution in [0, 0.1) is 5.82 Å². The van der Waals surface area contributed by atoms with Crippen LogP contribution in [0.5, 0.6) is 5.75 Å². The van der Waals surface area contributed by atoms with Gasteiger partial charge >= 0.3 is 0 Å². The Hall–Kier alpha value is -2.60. The summed E-state index contributed by atoms with van der Waals surface area (Å²) in [5, 5.41) is 7.52. The molecule has 114 valence electrons. The third-order valence-electron chi connectivity index (χ3n) is 2.70. The lowest BCUT2D eigenvalue weighted by atomic mass is 10.2. The molecule has 0 aromatic heterocycles. The Balaban J connectivity index is 2.00. The Morgan fingerprint density at radius 2 is 1.91 bits per heavy atom. The van der Waals surface area contributed by atoms with E-state index >= 15 is 0 Å². The first-order valence-corrected chi connectivity index (χ1v) is 6.72. The van der Waals surface area contributed by atoms with Crippen LogP contribution in [0.2, 0.25) is 5.02 Å². The highest BCUT2D eigenvalue weighted by Crippen LogP contribution is 2.21. The molecule has 0 heterocycles. The molecule has 2 aromatic carbocycles. The van der Waals surface area contributed by atoms with E-state index in [-0.39, 0.29) is 12.6 Å². The van der Waals surface area contributed by atoms with Crippen LogP contribution < -0.4 is 16.2 Å². The zero-order valence-corrected chi connectivity index (χ0v) is 12.3. The molecule has 0 atom stereocenters. The molecule has 0 aliphatic rings. The number of hydrogen-bond donors (Lipinski definition) is 2. The predicted molar refractivity (Wildman–Crippen MR) is 85.6 cm³/mol. The first kappa shape index (κ1) is 15.8. The second kappa shape index (κ2) is 7.42. The zero-order valence-electron chi connectivity index (χ0n) is 11.5. The third-order valence-corrected chi connectivity index (χ3v) is 3.06. The summed E-state index contributed by atoms with van der Waals surface area (Å²) in [5.41, 5.74) is 11.4. The molecular weight excluding hydrogens is 307 g/mol. The molecule has 0 saturated carbocycles. The van der Waals surface area contributed by atoms with Gasteiger partial charge in [-0.25, -0.2) is 4.39 Å². The lowest BCUT2D eigenvalue weighted by molar-refractivity contribution is 0.300. The Morgan fingerprint density at radius 1 is 1.18 bits per heavy atom. The maximum atomic E-state index is 13.6. The van der Waals surface area contributed by atoms with E-state index in [4.69, 9.17) is 27.8 Å². The van der Waals surface area contributed by atoms with Gasteiger partial charge in [0.15, 0.2) is 0 Å². The molecule has 0 amide bonds. The van der Waals surface area contributed by atoms with Gasteiger partial charge in [0, 0.05) is 5.56 Å². The monoisotopic (exact) mass is 320 g/mol. The van der Waals surface area contributed by atoms with Crippen molar-refractivity contribution in [3.63, 3.8) is 0 Å². The SMILES string of the molecule is NC(N)=N/N=C/c1ccc(OCc2c(F)cccc2Cl)cc1. The van der Waals surface area contributed by atoms with Gasteiger partial charge in [0.1, 0.15) is 18.2 Å². The van der Waals surface area contributed by atoms with Crippen molar-refractivity contribution in [1.82, 2.24) is 0 Å². The predicted octanol–water partition coefficient (Wildman–Crippen LogP) is 2.67. The minimum absolute atomic E-state index is 0.0486. The number of nitrogens with zero attached hydrogens (tertiary/aromatic N) is 2. The second-order valence-corrected chi connectivity index (χ2v) is 4.73. The lowest BCUT2D eigenvalue weighted by Gasteiger charge is -2.08. The van der Waals surface area contributed by atoms with E-state index in [0.717, 1.165) is 5.56 Å². The Morgan fingerprint density at radius 3 is 2.55 bits per heavy atom. The maximum Gasteiger partial charge on any atom is 0.211 e. The number of hydrogen-bond acceptors (Lipinski definition) is 3. The highest BCUT2D eigenvalue weighted by atomic mass is 35.5. The van der Waals surface area contributed by atoms with Crippen molar-refractivity contribution < 1.29 is 9.13 Å². The minimum atomic E-state index is -0.395. The smallest absolute Gasteiger partial charge is 0.211 e. The molecular formula is C15H14ClFN4O. The summed E-state index contributed by atoms with van der Waals surface area (Å²) < 4.78 is 19.1. The van der Waals surface area contributed by atoms with Gasteiger partial charge in [-0.1, -0.05) is 17.7 Å². The fourth-order valence-corrected chi connectivity index (χ4v) is 1.86. The van der Waals surface area contributed by atoms with Gasteiger partial charge < -0.3 is 16.2 Å². The van der Waals surface area contributed by atoms with Crippen LogP contribution in [-0.2, 0) is 6.61 Å². The Bertz CT molecular complexity index is 677. The van der Waals surface area contributed by atoms with Crippen LogP contribution >= 0.6 is 11.6 Å². The van der Waals surface area contributed by atoms with E-state index < -0.39 is 5.82 Å². The summed E-state index contributed by atoms with van der Waals surface area (Å²) in [7, 11) is 0. The summed E-state index contributed by atoms with van der Waals surface area (Å²) >= 11 is 5.93. The summed E-state index contributed by atoms with van der Waals surface area (Å²) in [4.78, 5) is 0. The molecule has 0 fully saturated rings. The van der Waals surface area contributed by atoms with E-state index in [2.05, 4.69) is 10.2 Å². The summed E-state index contributed by atoms with van der Waals surface area (Å²) in [5.74, 6) is 0.0739. The number of halogens is 2. The van der Waals surface area contributed by atoms with E-state index in [9.17, 15) is 4.39 Å². The largest absolute Gasteiger partial charge is 0.489 e. The van der Waals surface area contributed by atoms with Crippen molar-refractivity contribution >= 4 is 23.8 Å². The Kier molecular flexibility index (Phi) is 5.32. The van der Waals surface area contributed by atoms with Crippen molar-refractivity contribution in [2.75, 3.05) is 0 Å². The average molecular weight is 321 g/mol. The van der Waals surface area contributed by atoms with Crippen molar-refractivity contribution in [3.8, 4) is 5.75 Å². The van der Waals surface area contributed by atoms with Crippen LogP contribution in [0.3, 0.4) is 0 Å². The number of ether oxygens (including phenoxy) is 1. The molecule has 2 aromatic rings. The minimum Gasteiger partial charge on any atom is -0.489 e. The first-order valence-electron chi connectivity index (χ1n) is 6.34. The topological polar surface area (TPSA) is 86.0 Å². The fourth-order valence-electron chi connectivity index (χ4n) is 1.64. The molecule has 0 bridgehead atoms. The van der Waals surface area contributed by atoms with Gasteiger partial charge in [0.2, 0.25) is 5.96 Å². The Labute approximate surface area is 132 Å². The average Bonchev–Trinajstić information content (AvgIpc) is 2.48. The summed E-state index contributed by atoms with van der Waals surface area (Å²) in [6.45, 7) is 0.0486. The van der Waals surface area contributed by atoms with Gasteiger partial charge in [-0.05, 0) is 42.0 Å². The number of rotatable bonds is 5. The fraction of sp³-hybridized carbons (Fsp3) is 0.0667. The highest BCUT2D eigenvalue weighted by molar-refractivity contribution is 6.31. The van der Waals surface area contributed by atoms with Crippen LogP contribution in [0.25, 0.3) is 0 Å². The molecule has 0 aliphatic heterocycles. The highest BCUT2D eigenvalue weighted by Gasteiger charge is 2.07. The normalized spacial score (nSPS) is 10.6. The van der Waals surface area contributed by atoms with Crippen molar-refractivity contribution in [2.24, 2.45) is 21.7 Å². The zero-order chi connectivity index (χ0) is 15.9. The molecule has 2 rings (SSSR count). The van der Waals surface area contributed by atoms with Gasteiger partial charge in [-0.2, -0.15) is 5.10 Å².